The lowest BCUT2D eigenvalue weighted by molar-refractivity contribution is -0.123. The minimum absolute atomic E-state index is 0.0964. The van der Waals surface area contributed by atoms with Gasteiger partial charge in [-0.15, -0.1) is 0 Å². The maximum atomic E-state index is 13.5. The van der Waals surface area contributed by atoms with Crippen LogP contribution in [0.3, 0.4) is 0 Å². The molecule has 0 saturated carbocycles. The number of nitrogens with zero attached hydrogens (tertiary/aromatic N) is 1. The first-order valence-corrected chi connectivity index (χ1v) is 14.3. The molecule has 5 rings (SSSR count). The monoisotopic (exact) mass is 559 g/mol. The summed E-state index contributed by atoms with van der Waals surface area (Å²) in [4.78, 5) is 27.2. The number of anilines is 1. The number of Topliss-reactive ketones (excluding diaryl/α,β-unsaturated/α-hetero) is 1. The van der Waals surface area contributed by atoms with Gasteiger partial charge in [-0.2, -0.15) is 0 Å². The first-order chi connectivity index (χ1) is 19.2. The van der Waals surface area contributed by atoms with Crippen molar-refractivity contribution in [2.45, 2.75) is 24.3 Å². The molecule has 2 N–H and O–H groups in total. The number of halogens is 1. The summed E-state index contributed by atoms with van der Waals surface area (Å²) in [7, 11) is -4.13. The van der Waals surface area contributed by atoms with Crippen molar-refractivity contribution in [3.05, 3.63) is 120 Å². The standard InChI is InChI=1S/C31H26FNO6S/c32-24-13-10-22(11-14-24)27(35)16-17-40(38,39)30-29(33(31(30)37)25-4-2-1-3-5-25)26-15-12-23(18-28(26)36)21-8-6-20(19-34)7-9-21/h1-15,18,29-30,34,36H,16-17,19H2. The summed E-state index contributed by atoms with van der Waals surface area (Å²) >= 11 is 0. The van der Waals surface area contributed by atoms with E-state index in [2.05, 4.69) is 0 Å². The highest BCUT2D eigenvalue weighted by molar-refractivity contribution is 7.93. The minimum Gasteiger partial charge on any atom is -0.508 e. The van der Waals surface area contributed by atoms with Gasteiger partial charge in [-0.3, -0.25) is 9.59 Å². The number of aromatic hydroxyl groups is 1. The van der Waals surface area contributed by atoms with E-state index in [4.69, 9.17) is 0 Å². The van der Waals surface area contributed by atoms with E-state index in [-0.39, 0.29) is 29.9 Å². The summed E-state index contributed by atoms with van der Waals surface area (Å²) in [5.74, 6) is -2.39. The van der Waals surface area contributed by atoms with Crippen LogP contribution in [-0.4, -0.2) is 41.3 Å². The molecule has 204 valence electrons. The van der Waals surface area contributed by atoms with Gasteiger partial charge >= 0.3 is 0 Å². The highest BCUT2D eigenvalue weighted by Crippen LogP contribution is 2.46. The Bertz CT molecular complexity index is 1650. The highest BCUT2D eigenvalue weighted by Gasteiger charge is 2.56. The van der Waals surface area contributed by atoms with E-state index in [0.29, 0.717) is 11.3 Å². The maximum absolute atomic E-state index is 13.5. The molecular weight excluding hydrogens is 533 g/mol. The number of β-lactam (4-membered cyclic amide) rings is 1. The molecular formula is C31H26FNO6S. The summed E-state index contributed by atoms with van der Waals surface area (Å²) in [5.41, 5.74) is 3.12. The van der Waals surface area contributed by atoms with Crippen molar-refractivity contribution in [1.29, 1.82) is 0 Å². The predicted molar refractivity (Wildman–Crippen MR) is 149 cm³/mol. The summed E-state index contributed by atoms with van der Waals surface area (Å²) in [5, 5.41) is 18.9. The van der Waals surface area contributed by atoms with Gasteiger partial charge in [0.15, 0.2) is 20.9 Å². The second-order valence-corrected chi connectivity index (χ2v) is 11.8. The van der Waals surface area contributed by atoms with Gasteiger partial charge in [-0.25, -0.2) is 12.8 Å². The van der Waals surface area contributed by atoms with Crippen LogP contribution in [0, 0.1) is 5.82 Å². The molecule has 4 aromatic rings. The SMILES string of the molecule is O=C(CCS(=O)(=O)C1C(=O)N(c2ccccc2)C1c1ccc(-c2ccc(CO)cc2)cc1O)c1ccc(F)cc1. The van der Waals surface area contributed by atoms with Crippen LogP contribution in [0.5, 0.6) is 5.75 Å². The molecule has 1 heterocycles. The number of amides is 1. The molecule has 40 heavy (non-hydrogen) atoms. The average Bonchev–Trinajstić information content (AvgIpc) is 2.96. The van der Waals surface area contributed by atoms with Crippen molar-refractivity contribution in [1.82, 2.24) is 0 Å². The molecule has 0 radical (unpaired) electrons. The molecule has 9 heteroatoms. The Morgan fingerprint density at radius 1 is 0.875 bits per heavy atom. The van der Waals surface area contributed by atoms with Crippen molar-refractivity contribution < 1.29 is 32.6 Å². The lowest BCUT2D eigenvalue weighted by Gasteiger charge is -2.46. The van der Waals surface area contributed by atoms with Crippen LogP contribution in [0.2, 0.25) is 0 Å². The molecule has 1 amide bonds. The second-order valence-electron chi connectivity index (χ2n) is 9.58. The highest BCUT2D eigenvalue weighted by atomic mass is 32.2. The summed E-state index contributed by atoms with van der Waals surface area (Å²) < 4.78 is 40.2. The molecule has 1 aliphatic rings. The predicted octanol–water partition coefficient (Wildman–Crippen LogP) is 4.83. The van der Waals surface area contributed by atoms with Gasteiger partial charge in [0.1, 0.15) is 11.6 Å². The van der Waals surface area contributed by atoms with E-state index in [1.165, 1.54) is 23.1 Å². The summed E-state index contributed by atoms with van der Waals surface area (Å²) in [6.45, 7) is -0.0964. The molecule has 1 saturated heterocycles. The number of carbonyl (C=O) groups excluding carboxylic acids is 2. The number of aliphatic hydroxyl groups is 1. The molecule has 0 bridgehead atoms. The zero-order valence-electron chi connectivity index (χ0n) is 21.3. The van der Waals surface area contributed by atoms with Gasteiger partial charge in [0.25, 0.3) is 0 Å². The van der Waals surface area contributed by atoms with Gasteiger partial charge in [0.2, 0.25) is 5.91 Å². The fourth-order valence-corrected chi connectivity index (χ4v) is 6.71. The second kappa shape index (κ2) is 11.0. The third-order valence-corrected chi connectivity index (χ3v) is 9.07. The number of phenolic OH excluding ortho intramolecular Hbond substituents is 1. The number of hydrogen-bond acceptors (Lipinski definition) is 6. The Labute approximate surface area is 231 Å². The number of phenols is 1. The van der Waals surface area contributed by atoms with Crippen LogP contribution < -0.4 is 4.90 Å². The number of aliphatic hydroxyl groups excluding tert-OH is 1. The summed E-state index contributed by atoms with van der Waals surface area (Å²) in [6.07, 6.45) is -0.370. The molecule has 2 atom stereocenters. The third kappa shape index (κ3) is 5.25. The average molecular weight is 560 g/mol. The van der Waals surface area contributed by atoms with Crippen LogP contribution in [0.1, 0.15) is 33.9 Å². The molecule has 2 unspecified atom stereocenters. The van der Waals surface area contributed by atoms with Gasteiger partial charge in [0.05, 0.1) is 18.4 Å². The molecule has 4 aromatic carbocycles. The topological polar surface area (TPSA) is 112 Å². The number of carbonyl (C=O) groups is 2. The first-order valence-electron chi connectivity index (χ1n) is 12.6. The normalized spacial score (nSPS) is 16.9. The Balaban J connectivity index is 1.45. The Morgan fingerprint density at radius 3 is 2.15 bits per heavy atom. The number of para-hydroxylation sites is 1. The minimum atomic E-state index is -4.13. The quantitative estimate of drug-likeness (QED) is 0.224. The fourth-order valence-electron chi connectivity index (χ4n) is 4.91. The van der Waals surface area contributed by atoms with Gasteiger partial charge < -0.3 is 15.1 Å². The number of hydrogen-bond donors (Lipinski definition) is 2. The molecule has 0 aromatic heterocycles. The van der Waals surface area contributed by atoms with Gasteiger partial charge in [0, 0.05) is 23.2 Å². The lowest BCUT2D eigenvalue weighted by atomic mass is 9.90. The number of ketones is 1. The molecule has 1 aliphatic heterocycles. The van der Waals surface area contributed by atoms with E-state index in [1.54, 1.807) is 66.7 Å². The zero-order chi connectivity index (χ0) is 28.4. The van der Waals surface area contributed by atoms with Crippen molar-refractivity contribution in [3.8, 4) is 16.9 Å². The largest absolute Gasteiger partial charge is 0.508 e. The van der Waals surface area contributed by atoms with Crippen LogP contribution >= 0.6 is 0 Å². The number of sulfone groups is 1. The third-order valence-electron chi connectivity index (χ3n) is 7.07. The Kier molecular flexibility index (Phi) is 7.51. The van der Waals surface area contributed by atoms with Crippen molar-refractivity contribution in [2.24, 2.45) is 0 Å². The van der Waals surface area contributed by atoms with E-state index in [1.807, 2.05) is 0 Å². The van der Waals surface area contributed by atoms with E-state index in [0.717, 1.165) is 23.3 Å². The van der Waals surface area contributed by atoms with Crippen LogP contribution in [0.25, 0.3) is 11.1 Å². The molecule has 7 nitrogen and oxygen atoms in total. The van der Waals surface area contributed by atoms with Gasteiger partial charge in [-0.05, 0) is 59.2 Å². The van der Waals surface area contributed by atoms with E-state index >= 15 is 0 Å². The molecule has 0 spiro atoms. The van der Waals surface area contributed by atoms with Crippen LogP contribution in [0.4, 0.5) is 10.1 Å². The maximum Gasteiger partial charge on any atom is 0.248 e. The van der Waals surface area contributed by atoms with Crippen molar-refractivity contribution in [3.63, 3.8) is 0 Å². The van der Waals surface area contributed by atoms with Gasteiger partial charge in [-0.1, -0.05) is 54.6 Å². The number of rotatable bonds is 9. The lowest BCUT2D eigenvalue weighted by Crippen LogP contribution is -2.62. The molecule has 1 fully saturated rings. The van der Waals surface area contributed by atoms with Crippen LogP contribution in [0.15, 0.2) is 97.1 Å². The van der Waals surface area contributed by atoms with E-state index in [9.17, 15) is 32.6 Å². The Morgan fingerprint density at radius 2 is 1.52 bits per heavy atom. The number of benzene rings is 4. The zero-order valence-corrected chi connectivity index (χ0v) is 22.1. The molecule has 0 aliphatic carbocycles. The fraction of sp³-hybridized carbons (Fsp3) is 0.161. The summed E-state index contributed by atoms with van der Waals surface area (Å²) in [6, 6.07) is 24.4. The smallest absolute Gasteiger partial charge is 0.248 e. The van der Waals surface area contributed by atoms with Crippen molar-refractivity contribution in [2.75, 3.05) is 10.7 Å². The van der Waals surface area contributed by atoms with E-state index < -0.39 is 44.4 Å². The Hall–Kier alpha value is -4.34. The van der Waals surface area contributed by atoms with Crippen LogP contribution in [-0.2, 0) is 21.2 Å². The van der Waals surface area contributed by atoms with Crippen molar-refractivity contribution >= 4 is 27.2 Å². The first kappa shape index (κ1) is 27.2.